The summed E-state index contributed by atoms with van der Waals surface area (Å²) in [6.07, 6.45) is 9.67. The van der Waals surface area contributed by atoms with Crippen molar-refractivity contribution >= 4 is 17.8 Å². The van der Waals surface area contributed by atoms with Gasteiger partial charge in [0.05, 0.1) is 5.69 Å². The van der Waals surface area contributed by atoms with Crippen molar-refractivity contribution in [2.75, 3.05) is 18.0 Å². The van der Waals surface area contributed by atoms with Crippen molar-refractivity contribution in [3.8, 4) is 0 Å². The van der Waals surface area contributed by atoms with Crippen LogP contribution in [0.25, 0.3) is 6.08 Å². The van der Waals surface area contributed by atoms with Crippen molar-refractivity contribution < 1.29 is 4.79 Å². The van der Waals surface area contributed by atoms with Crippen LogP contribution in [0.1, 0.15) is 46.9 Å². The Hall–Kier alpha value is -2.69. The molecule has 1 aliphatic heterocycles. The molecule has 2 heterocycles. The summed E-state index contributed by atoms with van der Waals surface area (Å²) in [5.41, 5.74) is 4.26. The first-order valence-corrected chi connectivity index (χ1v) is 9.39. The zero-order chi connectivity index (χ0) is 17.9. The first-order valence-electron chi connectivity index (χ1n) is 9.39. The molecule has 5 heteroatoms. The van der Waals surface area contributed by atoms with Crippen LogP contribution in [0.4, 0.5) is 5.82 Å². The van der Waals surface area contributed by atoms with Gasteiger partial charge in [0.2, 0.25) is 0 Å². The van der Waals surface area contributed by atoms with E-state index >= 15 is 0 Å². The van der Waals surface area contributed by atoms with Crippen LogP contribution in [0.5, 0.6) is 0 Å². The number of fused-ring (bicyclic) bond motifs is 1. The third-order valence-corrected chi connectivity index (χ3v) is 5.30. The van der Waals surface area contributed by atoms with Crippen LogP contribution in [0, 0.1) is 0 Å². The Morgan fingerprint density at radius 3 is 2.69 bits per heavy atom. The summed E-state index contributed by atoms with van der Waals surface area (Å²) in [7, 11) is 0. The maximum absolute atomic E-state index is 12.5. The van der Waals surface area contributed by atoms with Crippen LogP contribution >= 0.6 is 0 Å². The van der Waals surface area contributed by atoms with Crippen molar-refractivity contribution in [1.82, 2.24) is 15.3 Å². The predicted octanol–water partition coefficient (Wildman–Crippen LogP) is 3.01. The molecule has 1 aliphatic carbocycles. The van der Waals surface area contributed by atoms with Gasteiger partial charge in [-0.05, 0) is 37.0 Å². The topological polar surface area (TPSA) is 58.1 Å². The number of nitrogens with zero attached hydrogens (tertiary/aromatic N) is 3. The number of carbonyl (C=O) groups is 1. The second-order valence-corrected chi connectivity index (χ2v) is 6.95. The van der Waals surface area contributed by atoms with Gasteiger partial charge >= 0.3 is 0 Å². The Kier molecular flexibility index (Phi) is 4.69. The Bertz CT molecular complexity index is 820. The number of benzene rings is 1. The summed E-state index contributed by atoms with van der Waals surface area (Å²) in [5.74, 6) is 1.06. The van der Waals surface area contributed by atoms with E-state index in [1.165, 1.54) is 5.56 Å². The third kappa shape index (κ3) is 3.34. The number of hydrogen-bond acceptors (Lipinski definition) is 4. The fourth-order valence-electron chi connectivity index (χ4n) is 3.69. The first kappa shape index (κ1) is 16.8. The van der Waals surface area contributed by atoms with Crippen LogP contribution in [-0.4, -0.2) is 35.0 Å². The Morgan fingerprint density at radius 2 is 1.96 bits per heavy atom. The van der Waals surface area contributed by atoms with E-state index in [0.29, 0.717) is 0 Å². The molecule has 0 atom stereocenters. The highest BCUT2D eigenvalue weighted by Gasteiger charge is 2.24. The quantitative estimate of drug-likeness (QED) is 0.923. The van der Waals surface area contributed by atoms with Crippen LogP contribution in [0.15, 0.2) is 36.7 Å². The number of nitrogens with one attached hydrogen (secondary N) is 1. The minimum absolute atomic E-state index is 0.0250. The van der Waals surface area contributed by atoms with E-state index in [-0.39, 0.29) is 11.9 Å². The van der Waals surface area contributed by atoms with E-state index in [9.17, 15) is 4.79 Å². The number of anilines is 1. The van der Waals surface area contributed by atoms with Gasteiger partial charge in [-0.15, -0.1) is 0 Å². The standard InChI is InChI=1S/C21H24N4O/c1-2-15-6-8-16(9-7-15)21(26)24-17-10-12-25(13-11-17)20-18-4-3-5-19(18)22-14-23-20/h3-4,6-9,14,17H,2,5,10-13H2,1H3,(H,24,26). The molecule has 4 rings (SSSR count). The monoisotopic (exact) mass is 348 g/mol. The number of aryl methyl sites for hydroxylation is 1. The van der Waals surface area contributed by atoms with Gasteiger partial charge in [0.1, 0.15) is 12.1 Å². The van der Waals surface area contributed by atoms with Gasteiger partial charge in [0.15, 0.2) is 0 Å². The minimum Gasteiger partial charge on any atom is -0.356 e. The van der Waals surface area contributed by atoms with Gasteiger partial charge in [0.25, 0.3) is 5.91 Å². The van der Waals surface area contributed by atoms with Crippen molar-refractivity contribution in [3.63, 3.8) is 0 Å². The molecule has 2 aliphatic rings. The number of aromatic nitrogens is 2. The van der Waals surface area contributed by atoms with E-state index in [4.69, 9.17) is 0 Å². The Labute approximate surface area is 154 Å². The van der Waals surface area contributed by atoms with Gasteiger partial charge in [-0.3, -0.25) is 4.79 Å². The van der Waals surface area contributed by atoms with Gasteiger partial charge in [-0.2, -0.15) is 0 Å². The molecule has 1 N–H and O–H groups in total. The summed E-state index contributed by atoms with van der Waals surface area (Å²) < 4.78 is 0. The van der Waals surface area contributed by atoms with E-state index < -0.39 is 0 Å². The number of hydrogen-bond donors (Lipinski definition) is 1. The van der Waals surface area contributed by atoms with Gasteiger partial charge in [-0.1, -0.05) is 31.2 Å². The van der Waals surface area contributed by atoms with E-state index in [1.807, 2.05) is 24.3 Å². The molecule has 26 heavy (non-hydrogen) atoms. The Balaban J connectivity index is 1.36. The predicted molar refractivity (Wildman–Crippen MR) is 103 cm³/mol. The third-order valence-electron chi connectivity index (χ3n) is 5.30. The second-order valence-electron chi connectivity index (χ2n) is 6.95. The van der Waals surface area contributed by atoms with Crippen LogP contribution in [0.2, 0.25) is 0 Å². The number of allylic oxidation sites excluding steroid dienone is 1. The second kappa shape index (κ2) is 7.28. The summed E-state index contributed by atoms with van der Waals surface area (Å²) in [4.78, 5) is 23.6. The number of carbonyl (C=O) groups excluding carboxylic acids is 1. The van der Waals surface area contributed by atoms with Gasteiger partial charge in [-0.25, -0.2) is 9.97 Å². The van der Waals surface area contributed by atoms with Crippen molar-refractivity contribution in [2.45, 2.75) is 38.6 Å². The average Bonchev–Trinajstić information content (AvgIpc) is 3.17. The smallest absolute Gasteiger partial charge is 0.251 e. The zero-order valence-electron chi connectivity index (χ0n) is 15.1. The van der Waals surface area contributed by atoms with Crippen LogP contribution < -0.4 is 10.2 Å². The Morgan fingerprint density at radius 1 is 1.19 bits per heavy atom. The fourth-order valence-corrected chi connectivity index (χ4v) is 3.69. The fraction of sp³-hybridized carbons (Fsp3) is 0.381. The molecule has 0 bridgehead atoms. The molecule has 0 unspecified atom stereocenters. The molecule has 0 radical (unpaired) electrons. The summed E-state index contributed by atoms with van der Waals surface area (Å²) in [6, 6.07) is 8.11. The van der Waals surface area contributed by atoms with E-state index in [2.05, 4.69) is 39.3 Å². The molecule has 0 spiro atoms. The van der Waals surface area contributed by atoms with Crippen molar-refractivity contribution in [2.24, 2.45) is 0 Å². The molecule has 1 fully saturated rings. The molecule has 1 saturated heterocycles. The van der Waals surface area contributed by atoms with Crippen molar-refractivity contribution in [1.29, 1.82) is 0 Å². The van der Waals surface area contributed by atoms with Crippen molar-refractivity contribution in [3.05, 3.63) is 59.1 Å². The van der Waals surface area contributed by atoms with Gasteiger partial charge < -0.3 is 10.2 Å². The molecular formula is C21H24N4O. The zero-order valence-corrected chi connectivity index (χ0v) is 15.1. The summed E-state index contributed by atoms with van der Waals surface area (Å²) in [5, 5.41) is 3.18. The molecule has 5 nitrogen and oxygen atoms in total. The molecule has 1 aromatic heterocycles. The average molecular weight is 348 g/mol. The minimum atomic E-state index is 0.0250. The molecule has 2 aromatic rings. The lowest BCUT2D eigenvalue weighted by Crippen LogP contribution is -2.45. The highest BCUT2D eigenvalue weighted by molar-refractivity contribution is 5.94. The highest BCUT2D eigenvalue weighted by atomic mass is 16.1. The molecule has 1 aromatic carbocycles. The molecule has 134 valence electrons. The highest BCUT2D eigenvalue weighted by Crippen LogP contribution is 2.28. The number of amides is 1. The maximum Gasteiger partial charge on any atom is 0.251 e. The SMILES string of the molecule is CCc1ccc(C(=O)NC2CCN(c3ncnc4c3C=CC4)CC2)cc1. The molecule has 1 amide bonds. The van der Waals surface area contributed by atoms with Crippen LogP contribution in [-0.2, 0) is 12.8 Å². The lowest BCUT2D eigenvalue weighted by molar-refractivity contribution is 0.0931. The first-order chi connectivity index (χ1) is 12.7. The maximum atomic E-state index is 12.5. The van der Waals surface area contributed by atoms with Crippen LogP contribution in [0.3, 0.4) is 0 Å². The normalized spacial score (nSPS) is 16.6. The summed E-state index contributed by atoms with van der Waals surface area (Å²) in [6.45, 7) is 3.92. The lowest BCUT2D eigenvalue weighted by atomic mass is 10.0. The van der Waals surface area contributed by atoms with E-state index in [1.54, 1.807) is 6.33 Å². The summed E-state index contributed by atoms with van der Waals surface area (Å²) >= 11 is 0. The van der Waals surface area contributed by atoms with Gasteiger partial charge in [0, 0.05) is 36.7 Å². The number of rotatable bonds is 4. The van der Waals surface area contributed by atoms with E-state index in [0.717, 1.165) is 61.4 Å². The number of piperidine rings is 1. The lowest BCUT2D eigenvalue weighted by Gasteiger charge is -2.33. The largest absolute Gasteiger partial charge is 0.356 e. The molecule has 0 saturated carbocycles. The molecular weight excluding hydrogens is 324 g/mol.